The minimum Gasteiger partial charge on any atom is -0.369 e. The Morgan fingerprint density at radius 2 is 0.909 bits per heavy atom. The summed E-state index contributed by atoms with van der Waals surface area (Å²) in [6.07, 6.45) is 4.68. The maximum absolute atomic E-state index is 5.29. The highest BCUT2D eigenvalue weighted by atomic mass is 15.3. The van der Waals surface area contributed by atoms with Gasteiger partial charge in [0.15, 0.2) is 12.3 Å². The number of hydrogen-bond acceptors (Lipinski definition) is 8. The summed E-state index contributed by atoms with van der Waals surface area (Å²) < 4.78 is 0. The molecule has 8 N–H and O–H groups in total. The number of nitrogens with zero attached hydrogens (tertiary/aromatic N) is 8. The van der Waals surface area contributed by atoms with Gasteiger partial charge in [-0.1, -0.05) is 0 Å². The molecule has 0 saturated heterocycles. The van der Waals surface area contributed by atoms with Gasteiger partial charge in [0.2, 0.25) is 11.9 Å². The predicted octanol–water partition coefficient (Wildman–Crippen LogP) is -2.79. The first kappa shape index (κ1) is 15.0. The smallest absolute Gasteiger partial charge is 0.211 e. The van der Waals surface area contributed by atoms with Gasteiger partial charge in [-0.15, -0.1) is 20.4 Å². The van der Waals surface area contributed by atoms with E-state index >= 15 is 0 Å². The van der Waals surface area contributed by atoms with Crippen LogP contribution in [0.4, 0.5) is 0 Å². The Balaban J connectivity index is 2.47. The lowest BCUT2D eigenvalue weighted by molar-refractivity contribution is 0.912. The van der Waals surface area contributed by atoms with Gasteiger partial charge in [-0.2, -0.15) is 0 Å². The Morgan fingerprint density at radius 1 is 0.591 bits per heavy atom. The van der Waals surface area contributed by atoms with Crippen LogP contribution in [0, 0.1) is 0 Å². The van der Waals surface area contributed by atoms with Crippen molar-refractivity contribution in [2.24, 2.45) is 63.3 Å². The van der Waals surface area contributed by atoms with Gasteiger partial charge in [0, 0.05) is 24.9 Å². The van der Waals surface area contributed by atoms with Crippen LogP contribution < -0.4 is 22.9 Å². The van der Waals surface area contributed by atoms with E-state index in [-0.39, 0.29) is 23.3 Å². The van der Waals surface area contributed by atoms with Crippen molar-refractivity contribution in [1.29, 1.82) is 0 Å². The minimum absolute atomic E-state index is 0.226. The summed E-state index contributed by atoms with van der Waals surface area (Å²) in [5.41, 5.74) is 21.6. The van der Waals surface area contributed by atoms with Crippen LogP contribution in [0.5, 0.6) is 0 Å². The molecule has 0 bridgehead atoms. The summed E-state index contributed by atoms with van der Waals surface area (Å²) in [6.45, 7) is 0. The van der Waals surface area contributed by atoms with Crippen LogP contribution >= 0.6 is 0 Å². The van der Waals surface area contributed by atoms with Crippen LogP contribution in [0.15, 0.2) is 40.4 Å². The lowest BCUT2D eigenvalue weighted by Gasteiger charge is -2.12. The molecule has 0 aliphatic carbocycles. The van der Waals surface area contributed by atoms with Crippen molar-refractivity contribution in [1.82, 2.24) is 0 Å². The normalized spacial score (nSPS) is 18.2. The molecular weight excluding hydrogens is 288 g/mol. The minimum atomic E-state index is -0.679. The second-order valence-corrected chi connectivity index (χ2v) is 3.96. The molecule has 0 saturated carbocycles. The van der Waals surface area contributed by atoms with Crippen molar-refractivity contribution in [3.05, 3.63) is 0 Å². The third kappa shape index (κ3) is 3.78. The van der Waals surface area contributed by atoms with Crippen LogP contribution in [0.25, 0.3) is 0 Å². The van der Waals surface area contributed by atoms with E-state index in [0.29, 0.717) is 0 Å². The summed E-state index contributed by atoms with van der Waals surface area (Å²) in [5, 5.41) is 15.1. The van der Waals surface area contributed by atoms with Gasteiger partial charge in [-0.05, 0) is 0 Å². The predicted molar refractivity (Wildman–Crippen MR) is 88.0 cm³/mol. The van der Waals surface area contributed by atoms with Crippen LogP contribution in [-0.2, 0) is 0 Å². The zero-order valence-electron chi connectivity index (χ0n) is 11.4. The number of guanidine groups is 2. The molecule has 12 nitrogen and oxygen atoms in total. The van der Waals surface area contributed by atoms with Crippen molar-refractivity contribution >= 4 is 48.2 Å². The standard InChI is InChI=1S/C10H14N12/c11-9(12)21-19-5(7-15-1-2-16-7)6(20-22-10(13)14)8-17-3-4-18-8/h1-4,7-8H,(H4,11,12,21)(H4,13,14,22)/b19-5+,20-6+. The largest absolute Gasteiger partial charge is 0.369 e. The van der Waals surface area contributed by atoms with E-state index in [0.717, 1.165) is 0 Å². The Morgan fingerprint density at radius 3 is 1.18 bits per heavy atom. The fraction of sp³-hybridized carbons (Fsp3) is 0.200. The molecule has 0 amide bonds. The molecule has 114 valence electrons. The fourth-order valence-electron chi connectivity index (χ4n) is 1.53. The lowest BCUT2D eigenvalue weighted by atomic mass is 10.1. The van der Waals surface area contributed by atoms with E-state index < -0.39 is 12.3 Å². The molecule has 0 spiro atoms. The topological polar surface area (TPSA) is 203 Å². The summed E-state index contributed by atoms with van der Waals surface area (Å²) in [7, 11) is 0. The molecule has 0 aromatic heterocycles. The molecule has 22 heavy (non-hydrogen) atoms. The molecule has 0 fully saturated rings. The second kappa shape index (κ2) is 6.83. The first-order valence-electron chi connectivity index (χ1n) is 6.01. The van der Waals surface area contributed by atoms with Crippen molar-refractivity contribution in [2.45, 2.75) is 12.3 Å². The molecule has 0 unspecified atom stereocenters. The van der Waals surface area contributed by atoms with E-state index in [2.05, 4.69) is 40.4 Å². The number of nitrogens with two attached hydrogens (primary N) is 4. The van der Waals surface area contributed by atoms with Gasteiger partial charge in [-0.3, -0.25) is 20.0 Å². The lowest BCUT2D eigenvalue weighted by Crippen LogP contribution is -2.33. The zero-order chi connectivity index (χ0) is 15.9. The van der Waals surface area contributed by atoms with Gasteiger partial charge in [-0.25, -0.2) is 0 Å². The average molecular weight is 302 g/mol. The first-order valence-corrected chi connectivity index (χ1v) is 6.01. The van der Waals surface area contributed by atoms with Crippen molar-refractivity contribution in [3.63, 3.8) is 0 Å². The summed E-state index contributed by atoms with van der Waals surface area (Å²) in [6, 6.07) is 0. The molecule has 0 atom stereocenters. The molecule has 2 rings (SSSR count). The third-order valence-electron chi connectivity index (χ3n) is 2.34. The van der Waals surface area contributed by atoms with Crippen molar-refractivity contribution < 1.29 is 0 Å². The molecule has 2 aliphatic rings. The number of aliphatic imine (C=N–C) groups is 4. The Kier molecular flexibility index (Phi) is 4.64. The van der Waals surface area contributed by atoms with E-state index in [1.165, 1.54) is 24.9 Å². The third-order valence-corrected chi connectivity index (χ3v) is 2.34. The number of hydrogen-bond donors (Lipinski definition) is 4. The molecule has 0 aromatic rings. The zero-order valence-corrected chi connectivity index (χ0v) is 11.4. The van der Waals surface area contributed by atoms with Gasteiger partial charge in [0.1, 0.15) is 11.4 Å². The molecule has 12 heteroatoms. The quantitative estimate of drug-likeness (QED) is 0.241. The van der Waals surface area contributed by atoms with Gasteiger partial charge in [0.05, 0.1) is 0 Å². The summed E-state index contributed by atoms with van der Waals surface area (Å²) >= 11 is 0. The van der Waals surface area contributed by atoms with E-state index in [4.69, 9.17) is 22.9 Å². The highest BCUT2D eigenvalue weighted by Gasteiger charge is 2.28. The van der Waals surface area contributed by atoms with Crippen LogP contribution in [0.3, 0.4) is 0 Å². The van der Waals surface area contributed by atoms with Crippen LogP contribution in [-0.4, -0.2) is 60.5 Å². The SMILES string of the molecule is NC(N)=N/N=C(\C(=N/N=C(N)N)C1N=CC=N1)C1N=CC=N1. The van der Waals surface area contributed by atoms with Crippen LogP contribution in [0.2, 0.25) is 0 Å². The molecule has 2 heterocycles. The molecule has 0 radical (unpaired) electrons. The Hall–Kier alpha value is -3.44. The van der Waals surface area contributed by atoms with E-state index in [1.807, 2.05) is 0 Å². The molecular formula is C10H14N12. The van der Waals surface area contributed by atoms with Gasteiger partial charge < -0.3 is 22.9 Å². The fourth-order valence-corrected chi connectivity index (χ4v) is 1.53. The van der Waals surface area contributed by atoms with Gasteiger partial charge in [0.25, 0.3) is 0 Å². The Labute approximate surface area is 124 Å². The highest BCUT2D eigenvalue weighted by molar-refractivity contribution is 6.47. The molecule has 2 aliphatic heterocycles. The first-order chi connectivity index (χ1) is 10.6. The maximum atomic E-state index is 5.29. The van der Waals surface area contributed by atoms with Gasteiger partial charge >= 0.3 is 0 Å². The van der Waals surface area contributed by atoms with Crippen molar-refractivity contribution in [2.75, 3.05) is 0 Å². The highest BCUT2D eigenvalue weighted by Crippen LogP contribution is 2.11. The number of rotatable bonds is 5. The van der Waals surface area contributed by atoms with E-state index in [1.54, 1.807) is 0 Å². The van der Waals surface area contributed by atoms with Crippen molar-refractivity contribution in [3.8, 4) is 0 Å². The van der Waals surface area contributed by atoms with E-state index in [9.17, 15) is 0 Å². The maximum Gasteiger partial charge on any atom is 0.211 e. The summed E-state index contributed by atoms with van der Waals surface area (Å²) in [4.78, 5) is 16.4. The molecule has 0 aromatic carbocycles. The second-order valence-electron chi connectivity index (χ2n) is 3.96. The summed E-state index contributed by atoms with van der Waals surface area (Å²) in [5.74, 6) is -0.467. The monoisotopic (exact) mass is 302 g/mol. The Bertz CT molecular complexity index is 571. The average Bonchev–Trinajstić information content (AvgIpc) is 3.14. The van der Waals surface area contributed by atoms with Crippen LogP contribution in [0.1, 0.15) is 0 Å².